The van der Waals surface area contributed by atoms with Crippen molar-refractivity contribution in [3.8, 4) is 0 Å². The second-order valence-electron chi connectivity index (χ2n) is 6.77. The molecule has 6 heteroatoms. The van der Waals surface area contributed by atoms with Gasteiger partial charge in [0.2, 0.25) is 5.95 Å². The van der Waals surface area contributed by atoms with Crippen LogP contribution in [0.2, 0.25) is 0 Å². The normalized spacial score (nSPS) is 11.5. The number of halogens is 1. The minimum absolute atomic E-state index is 0.464. The van der Waals surface area contributed by atoms with Gasteiger partial charge in [0.25, 0.3) is 0 Å². The molecule has 0 bridgehead atoms. The Morgan fingerprint density at radius 2 is 1.92 bits per heavy atom. The topological polar surface area (TPSA) is 56.1 Å². The van der Waals surface area contributed by atoms with E-state index in [1.54, 1.807) is 0 Å². The van der Waals surface area contributed by atoms with Crippen LogP contribution in [0.15, 0.2) is 53.0 Å². The molecule has 5 nitrogen and oxygen atoms in total. The van der Waals surface area contributed by atoms with E-state index >= 15 is 0 Å². The highest BCUT2D eigenvalue weighted by Crippen LogP contribution is 2.25. The summed E-state index contributed by atoms with van der Waals surface area (Å²) in [5.41, 5.74) is 2.30. The van der Waals surface area contributed by atoms with Gasteiger partial charge >= 0.3 is 6.09 Å². The van der Waals surface area contributed by atoms with Gasteiger partial charge in [-0.3, -0.25) is 5.32 Å². The zero-order valence-electron chi connectivity index (χ0n) is 14.4. The van der Waals surface area contributed by atoms with Crippen LogP contribution >= 0.6 is 15.9 Å². The van der Waals surface area contributed by atoms with E-state index in [1.807, 2.05) is 73.9 Å². The minimum Gasteiger partial charge on any atom is -0.444 e. The third-order valence-electron chi connectivity index (χ3n) is 3.51. The summed E-state index contributed by atoms with van der Waals surface area (Å²) in [6, 6.07) is 15.9. The van der Waals surface area contributed by atoms with E-state index in [2.05, 4.69) is 26.2 Å². The van der Waals surface area contributed by atoms with E-state index in [0.29, 0.717) is 12.5 Å². The molecule has 0 aliphatic rings. The molecule has 1 amide bonds. The lowest BCUT2D eigenvalue weighted by Crippen LogP contribution is -2.28. The molecule has 0 radical (unpaired) electrons. The molecule has 0 aliphatic carbocycles. The first-order valence-electron chi connectivity index (χ1n) is 8.01. The molecule has 0 saturated carbocycles. The standard InChI is InChI=1S/C19H20BrN3O2/c1-19(2,3)25-18(24)22-17-21-15-11-14(20)9-10-16(15)23(17)12-13-7-5-4-6-8-13/h4-11H,12H2,1-3H3,(H,21,22,24). The number of ether oxygens (including phenoxy) is 1. The average Bonchev–Trinajstić information content (AvgIpc) is 2.83. The van der Waals surface area contributed by atoms with Crippen LogP contribution in [0.5, 0.6) is 0 Å². The molecule has 130 valence electrons. The number of hydrogen-bond donors (Lipinski definition) is 1. The third-order valence-corrected chi connectivity index (χ3v) is 4.00. The van der Waals surface area contributed by atoms with Gasteiger partial charge in [-0.15, -0.1) is 0 Å². The number of benzene rings is 2. The maximum Gasteiger partial charge on any atom is 0.414 e. The number of nitrogens with one attached hydrogen (secondary N) is 1. The molecule has 25 heavy (non-hydrogen) atoms. The highest BCUT2D eigenvalue weighted by molar-refractivity contribution is 9.10. The van der Waals surface area contributed by atoms with Crippen LogP contribution in [0.1, 0.15) is 26.3 Å². The number of hydrogen-bond acceptors (Lipinski definition) is 3. The minimum atomic E-state index is -0.566. The van der Waals surface area contributed by atoms with E-state index in [-0.39, 0.29) is 0 Å². The quantitative estimate of drug-likeness (QED) is 0.656. The van der Waals surface area contributed by atoms with Crippen molar-refractivity contribution in [2.75, 3.05) is 5.32 Å². The molecule has 0 fully saturated rings. The Balaban J connectivity index is 1.98. The van der Waals surface area contributed by atoms with Gasteiger partial charge in [-0.2, -0.15) is 0 Å². The Bertz CT molecular complexity index is 898. The number of fused-ring (bicyclic) bond motifs is 1. The first-order valence-corrected chi connectivity index (χ1v) is 8.81. The Hall–Kier alpha value is -2.34. The molecule has 0 aliphatic heterocycles. The molecule has 1 N–H and O–H groups in total. The van der Waals surface area contributed by atoms with Crippen LogP contribution in [0.25, 0.3) is 11.0 Å². The van der Waals surface area contributed by atoms with Gasteiger partial charge in [0, 0.05) is 4.47 Å². The van der Waals surface area contributed by atoms with Crippen LogP contribution < -0.4 is 5.32 Å². The molecule has 1 aromatic heterocycles. The summed E-state index contributed by atoms with van der Waals surface area (Å²) >= 11 is 3.46. The maximum absolute atomic E-state index is 12.2. The Morgan fingerprint density at radius 3 is 2.60 bits per heavy atom. The number of nitrogens with zero attached hydrogens (tertiary/aromatic N) is 2. The predicted octanol–water partition coefficient (Wildman–Crippen LogP) is 5.19. The summed E-state index contributed by atoms with van der Waals surface area (Å²) in [5.74, 6) is 0.464. The number of rotatable bonds is 3. The number of carbonyl (C=O) groups excluding carboxylic acids is 1. The van der Waals surface area contributed by atoms with Crippen molar-refractivity contribution >= 4 is 39.0 Å². The molecule has 3 aromatic rings. The number of carbonyl (C=O) groups is 1. The molecule has 0 spiro atoms. The van der Waals surface area contributed by atoms with Crippen LogP contribution in [-0.4, -0.2) is 21.2 Å². The molecular formula is C19H20BrN3O2. The SMILES string of the molecule is CC(C)(C)OC(=O)Nc1nc2cc(Br)ccc2n1Cc1ccccc1. The lowest BCUT2D eigenvalue weighted by molar-refractivity contribution is 0.0634. The van der Waals surface area contributed by atoms with Crippen LogP contribution in [0.4, 0.5) is 10.7 Å². The fourth-order valence-electron chi connectivity index (χ4n) is 2.52. The second-order valence-corrected chi connectivity index (χ2v) is 7.68. The average molecular weight is 402 g/mol. The van der Waals surface area contributed by atoms with E-state index < -0.39 is 11.7 Å². The first kappa shape index (κ1) is 17.5. The van der Waals surface area contributed by atoms with Crippen molar-refractivity contribution in [1.82, 2.24) is 9.55 Å². The van der Waals surface area contributed by atoms with Gasteiger partial charge in [0.05, 0.1) is 17.6 Å². The molecule has 0 atom stereocenters. The van der Waals surface area contributed by atoms with Crippen molar-refractivity contribution in [2.45, 2.75) is 32.9 Å². The Kier molecular flexibility index (Phi) is 4.81. The van der Waals surface area contributed by atoms with E-state index in [4.69, 9.17) is 4.74 Å². The summed E-state index contributed by atoms with van der Waals surface area (Å²) in [4.78, 5) is 16.7. The first-order chi connectivity index (χ1) is 11.8. The van der Waals surface area contributed by atoms with Crippen LogP contribution in [-0.2, 0) is 11.3 Å². The molecular weight excluding hydrogens is 382 g/mol. The van der Waals surface area contributed by atoms with E-state index in [1.165, 1.54) is 0 Å². The maximum atomic E-state index is 12.2. The van der Waals surface area contributed by atoms with Gasteiger partial charge in [-0.05, 0) is 44.5 Å². The van der Waals surface area contributed by atoms with E-state index in [9.17, 15) is 4.79 Å². The van der Waals surface area contributed by atoms with Gasteiger partial charge in [-0.1, -0.05) is 46.3 Å². The monoisotopic (exact) mass is 401 g/mol. The smallest absolute Gasteiger partial charge is 0.414 e. The number of anilines is 1. The summed E-state index contributed by atoms with van der Waals surface area (Å²) in [6.07, 6.45) is -0.517. The van der Waals surface area contributed by atoms with Crippen molar-refractivity contribution < 1.29 is 9.53 Å². The molecule has 3 rings (SSSR count). The van der Waals surface area contributed by atoms with Gasteiger partial charge < -0.3 is 9.30 Å². The van der Waals surface area contributed by atoms with Crippen molar-refractivity contribution in [3.63, 3.8) is 0 Å². The highest BCUT2D eigenvalue weighted by Gasteiger charge is 2.19. The van der Waals surface area contributed by atoms with Crippen molar-refractivity contribution in [3.05, 3.63) is 58.6 Å². The number of aromatic nitrogens is 2. The Morgan fingerprint density at radius 1 is 1.20 bits per heavy atom. The van der Waals surface area contributed by atoms with Gasteiger partial charge in [-0.25, -0.2) is 9.78 Å². The lowest BCUT2D eigenvalue weighted by atomic mass is 10.2. The molecule has 0 unspecified atom stereocenters. The largest absolute Gasteiger partial charge is 0.444 e. The predicted molar refractivity (Wildman–Crippen MR) is 103 cm³/mol. The lowest BCUT2D eigenvalue weighted by Gasteiger charge is -2.19. The zero-order valence-corrected chi connectivity index (χ0v) is 16.0. The van der Waals surface area contributed by atoms with Crippen LogP contribution in [0.3, 0.4) is 0 Å². The van der Waals surface area contributed by atoms with Crippen molar-refractivity contribution in [2.24, 2.45) is 0 Å². The molecule has 1 heterocycles. The summed E-state index contributed by atoms with van der Waals surface area (Å²) < 4.78 is 8.27. The number of imidazole rings is 1. The molecule has 2 aromatic carbocycles. The summed E-state index contributed by atoms with van der Waals surface area (Å²) in [7, 11) is 0. The van der Waals surface area contributed by atoms with Crippen LogP contribution in [0, 0.1) is 0 Å². The van der Waals surface area contributed by atoms with E-state index in [0.717, 1.165) is 21.1 Å². The molecule has 0 saturated heterocycles. The summed E-state index contributed by atoms with van der Waals surface area (Å²) in [5, 5.41) is 2.77. The highest BCUT2D eigenvalue weighted by atomic mass is 79.9. The Labute approximate surface area is 155 Å². The fraction of sp³-hybridized carbons (Fsp3) is 0.263. The second kappa shape index (κ2) is 6.88. The third kappa shape index (κ3) is 4.39. The van der Waals surface area contributed by atoms with Crippen molar-refractivity contribution in [1.29, 1.82) is 0 Å². The summed E-state index contributed by atoms with van der Waals surface area (Å²) in [6.45, 7) is 6.09. The van der Waals surface area contributed by atoms with Gasteiger partial charge in [0.15, 0.2) is 0 Å². The fourth-order valence-corrected chi connectivity index (χ4v) is 2.87. The zero-order chi connectivity index (χ0) is 18.0. The number of amides is 1. The van der Waals surface area contributed by atoms with Gasteiger partial charge in [0.1, 0.15) is 5.60 Å².